The summed E-state index contributed by atoms with van der Waals surface area (Å²) in [5.74, 6) is 0.750. The molecule has 1 aliphatic carbocycles. The van der Waals surface area contributed by atoms with Crippen LogP contribution < -0.4 is 5.73 Å². The van der Waals surface area contributed by atoms with Crippen molar-refractivity contribution >= 4 is 22.5 Å². The van der Waals surface area contributed by atoms with Gasteiger partial charge in [0.15, 0.2) is 0 Å². The van der Waals surface area contributed by atoms with Gasteiger partial charge in [-0.1, -0.05) is 17.7 Å². The van der Waals surface area contributed by atoms with E-state index in [9.17, 15) is 0 Å². The van der Waals surface area contributed by atoms with Crippen molar-refractivity contribution in [2.24, 2.45) is 5.73 Å². The zero-order chi connectivity index (χ0) is 11.3. The van der Waals surface area contributed by atoms with E-state index in [1.807, 2.05) is 25.1 Å². The summed E-state index contributed by atoms with van der Waals surface area (Å²) in [6, 6.07) is 5.71. The van der Waals surface area contributed by atoms with E-state index >= 15 is 0 Å². The van der Waals surface area contributed by atoms with Crippen LogP contribution in [-0.2, 0) is 5.54 Å². The Morgan fingerprint density at radius 1 is 1.31 bits per heavy atom. The first kappa shape index (κ1) is 10.00. The lowest BCUT2D eigenvalue weighted by molar-refractivity contribution is 0.674. The van der Waals surface area contributed by atoms with Crippen LogP contribution in [0.25, 0.3) is 10.9 Å². The lowest BCUT2D eigenvalue weighted by Crippen LogP contribution is -2.22. The van der Waals surface area contributed by atoms with Crippen molar-refractivity contribution < 1.29 is 0 Å². The molecule has 0 atom stereocenters. The molecule has 1 fully saturated rings. The molecule has 0 aliphatic heterocycles. The molecule has 0 spiro atoms. The molecule has 1 aromatic heterocycles. The molecule has 82 valence electrons. The molecule has 0 bridgehead atoms. The largest absolute Gasteiger partial charge is 0.319 e. The Kier molecular flexibility index (Phi) is 1.97. The molecular formula is C12H12ClN3. The van der Waals surface area contributed by atoms with Gasteiger partial charge in [0, 0.05) is 5.39 Å². The number of nitrogens with zero attached hydrogens (tertiary/aromatic N) is 2. The fourth-order valence-corrected chi connectivity index (χ4v) is 2.21. The topological polar surface area (TPSA) is 51.8 Å². The minimum absolute atomic E-state index is 0.290. The van der Waals surface area contributed by atoms with Crippen LogP contribution in [0.1, 0.15) is 24.4 Å². The van der Waals surface area contributed by atoms with Gasteiger partial charge in [-0.3, -0.25) is 0 Å². The van der Waals surface area contributed by atoms with E-state index in [0.29, 0.717) is 5.02 Å². The number of hydrogen-bond acceptors (Lipinski definition) is 3. The average molecular weight is 234 g/mol. The molecule has 0 unspecified atom stereocenters. The number of hydrogen-bond donors (Lipinski definition) is 1. The van der Waals surface area contributed by atoms with Gasteiger partial charge in [-0.15, -0.1) is 0 Å². The quantitative estimate of drug-likeness (QED) is 0.824. The number of aromatic nitrogens is 2. The van der Waals surface area contributed by atoms with E-state index < -0.39 is 0 Å². The highest BCUT2D eigenvalue weighted by Gasteiger charge is 2.43. The fourth-order valence-electron chi connectivity index (χ4n) is 1.90. The molecule has 1 saturated carbocycles. The molecule has 0 radical (unpaired) electrons. The highest BCUT2D eigenvalue weighted by molar-refractivity contribution is 6.35. The third-order valence-corrected chi connectivity index (χ3v) is 3.40. The van der Waals surface area contributed by atoms with E-state index in [0.717, 1.165) is 35.3 Å². The van der Waals surface area contributed by atoms with Crippen molar-refractivity contribution in [2.75, 3.05) is 0 Å². The number of nitrogens with two attached hydrogens (primary N) is 1. The van der Waals surface area contributed by atoms with Crippen molar-refractivity contribution in [1.29, 1.82) is 0 Å². The first-order valence-electron chi connectivity index (χ1n) is 5.32. The van der Waals surface area contributed by atoms with Crippen molar-refractivity contribution in [1.82, 2.24) is 9.97 Å². The second kappa shape index (κ2) is 3.15. The Morgan fingerprint density at radius 2 is 2.06 bits per heavy atom. The normalized spacial score (nSPS) is 17.7. The van der Waals surface area contributed by atoms with Crippen molar-refractivity contribution in [3.8, 4) is 0 Å². The smallest absolute Gasteiger partial charge is 0.149 e. The SMILES string of the molecule is Cc1nc(C2(N)CC2)nc2cccc(Cl)c12. The predicted octanol–water partition coefficient (Wildman–Crippen LogP) is 2.54. The second-order valence-corrected chi connectivity index (χ2v) is 4.83. The van der Waals surface area contributed by atoms with Crippen LogP contribution in [-0.4, -0.2) is 9.97 Å². The molecule has 1 aliphatic rings. The first-order chi connectivity index (χ1) is 7.60. The van der Waals surface area contributed by atoms with Crippen molar-refractivity contribution in [3.05, 3.63) is 34.7 Å². The third-order valence-electron chi connectivity index (χ3n) is 3.09. The van der Waals surface area contributed by atoms with E-state index in [-0.39, 0.29) is 5.54 Å². The first-order valence-corrected chi connectivity index (χ1v) is 5.70. The molecular weight excluding hydrogens is 222 g/mol. The number of aryl methyl sites for hydroxylation is 1. The zero-order valence-corrected chi connectivity index (χ0v) is 9.75. The van der Waals surface area contributed by atoms with Crippen LogP contribution >= 0.6 is 11.6 Å². The molecule has 0 amide bonds. The monoisotopic (exact) mass is 233 g/mol. The van der Waals surface area contributed by atoms with Crippen LogP contribution in [0.4, 0.5) is 0 Å². The highest BCUT2D eigenvalue weighted by atomic mass is 35.5. The second-order valence-electron chi connectivity index (χ2n) is 4.42. The summed E-state index contributed by atoms with van der Waals surface area (Å²) in [6.07, 6.45) is 1.94. The number of rotatable bonds is 1. The molecule has 2 N–H and O–H groups in total. The minimum Gasteiger partial charge on any atom is -0.319 e. The predicted molar refractivity (Wildman–Crippen MR) is 64.4 cm³/mol. The number of halogens is 1. The maximum atomic E-state index is 6.13. The van der Waals surface area contributed by atoms with Gasteiger partial charge in [0.05, 0.1) is 21.8 Å². The van der Waals surface area contributed by atoms with E-state index in [2.05, 4.69) is 9.97 Å². The highest BCUT2D eigenvalue weighted by Crippen LogP contribution is 2.41. The summed E-state index contributed by atoms with van der Waals surface area (Å²) in [7, 11) is 0. The number of fused-ring (bicyclic) bond motifs is 1. The van der Waals surface area contributed by atoms with Gasteiger partial charge in [-0.25, -0.2) is 9.97 Å². The molecule has 0 saturated heterocycles. The maximum absolute atomic E-state index is 6.13. The Bertz CT molecular complexity index is 576. The molecule has 1 aromatic carbocycles. The summed E-state index contributed by atoms with van der Waals surface area (Å²) in [6.45, 7) is 1.95. The van der Waals surface area contributed by atoms with Gasteiger partial charge in [-0.05, 0) is 31.9 Å². The Morgan fingerprint density at radius 3 is 2.75 bits per heavy atom. The molecule has 1 heterocycles. The van der Waals surface area contributed by atoms with Gasteiger partial charge in [0.1, 0.15) is 5.82 Å². The molecule has 4 heteroatoms. The molecule has 3 rings (SSSR count). The fraction of sp³-hybridized carbons (Fsp3) is 0.333. The summed E-state index contributed by atoms with van der Waals surface area (Å²) in [4.78, 5) is 8.99. The molecule has 3 nitrogen and oxygen atoms in total. The van der Waals surface area contributed by atoms with Crippen molar-refractivity contribution in [2.45, 2.75) is 25.3 Å². The zero-order valence-electron chi connectivity index (χ0n) is 9.00. The standard InChI is InChI=1S/C12H12ClN3/c1-7-10-8(13)3-2-4-9(10)16-11(15-7)12(14)5-6-12/h2-4H,5-6,14H2,1H3. The third kappa shape index (κ3) is 1.39. The maximum Gasteiger partial charge on any atom is 0.149 e. The number of benzene rings is 1. The minimum atomic E-state index is -0.290. The van der Waals surface area contributed by atoms with Crippen LogP contribution in [0, 0.1) is 6.92 Å². The molecule has 2 aromatic rings. The van der Waals surface area contributed by atoms with Crippen LogP contribution in [0.2, 0.25) is 5.02 Å². The molecule has 16 heavy (non-hydrogen) atoms. The van der Waals surface area contributed by atoms with Gasteiger partial charge in [0.25, 0.3) is 0 Å². The lowest BCUT2D eigenvalue weighted by Gasteiger charge is -2.10. The van der Waals surface area contributed by atoms with Gasteiger partial charge in [-0.2, -0.15) is 0 Å². The van der Waals surface area contributed by atoms with Gasteiger partial charge >= 0.3 is 0 Å². The van der Waals surface area contributed by atoms with Crippen LogP contribution in [0.3, 0.4) is 0 Å². The summed E-state index contributed by atoms with van der Waals surface area (Å²) >= 11 is 6.13. The summed E-state index contributed by atoms with van der Waals surface area (Å²) in [5, 5.41) is 1.63. The Hall–Kier alpha value is -1.19. The van der Waals surface area contributed by atoms with Crippen LogP contribution in [0.15, 0.2) is 18.2 Å². The Labute approximate surface area is 98.6 Å². The Balaban J connectivity index is 2.31. The van der Waals surface area contributed by atoms with E-state index in [4.69, 9.17) is 17.3 Å². The lowest BCUT2D eigenvalue weighted by atomic mass is 10.1. The summed E-state index contributed by atoms with van der Waals surface area (Å²) < 4.78 is 0. The van der Waals surface area contributed by atoms with Crippen LogP contribution in [0.5, 0.6) is 0 Å². The van der Waals surface area contributed by atoms with Crippen molar-refractivity contribution in [3.63, 3.8) is 0 Å². The van der Waals surface area contributed by atoms with E-state index in [1.165, 1.54) is 0 Å². The van der Waals surface area contributed by atoms with Gasteiger partial charge in [0.2, 0.25) is 0 Å². The summed E-state index contributed by atoms with van der Waals surface area (Å²) in [5.41, 5.74) is 7.60. The average Bonchev–Trinajstić information content (AvgIpc) is 2.97. The van der Waals surface area contributed by atoms with Gasteiger partial charge < -0.3 is 5.73 Å². The van der Waals surface area contributed by atoms with E-state index in [1.54, 1.807) is 0 Å².